The number of carboxylic acid groups (broad SMARTS) is 1. The van der Waals surface area contributed by atoms with Gasteiger partial charge in [0.1, 0.15) is 17.3 Å². The third-order valence-electron chi connectivity index (χ3n) is 7.83. The maximum atomic E-state index is 14.5. The average molecular weight is 585 g/mol. The van der Waals surface area contributed by atoms with Gasteiger partial charge in [0.15, 0.2) is 0 Å². The molecule has 0 spiro atoms. The van der Waals surface area contributed by atoms with Crippen molar-refractivity contribution in [2.75, 3.05) is 31.1 Å². The Balaban J connectivity index is 1.93. The predicted octanol–water partition coefficient (Wildman–Crippen LogP) is 6.33. The third kappa shape index (κ3) is 4.96. The average Bonchev–Trinajstić information content (AvgIpc) is 2.96. The van der Waals surface area contributed by atoms with E-state index in [4.69, 9.17) is 16.6 Å². The Hall–Kier alpha value is -4.42. The second-order valence-electron chi connectivity index (χ2n) is 11.2. The van der Waals surface area contributed by atoms with Gasteiger partial charge in [-0.3, -0.25) is 14.3 Å². The number of nitrogens with zero attached hydrogens (tertiary/aromatic N) is 6. The van der Waals surface area contributed by atoms with Gasteiger partial charge in [0.25, 0.3) is 5.56 Å². The second-order valence-corrected chi connectivity index (χ2v) is 11.6. The van der Waals surface area contributed by atoms with E-state index < -0.39 is 11.7 Å². The summed E-state index contributed by atoms with van der Waals surface area (Å²) in [5, 5.41) is 20.8. The number of halogens is 1. The zero-order valence-electron chi connectivity index (χ0n) is 24.3. The first-order chi connectivity index (χ1) is 20.0. The van der Waals surface area contributed by atoms with Crippen molar-refractivity contribution in [2.24, 2.45) is 0 Å². The van der Waals surface area contributed by atoms with Gasteiger partial charge >= 0.3 is 6.09 Å². The van der Waals surface area contributed by atoms with Crippen LogP contribution >= 0.6 is 11.6 Å². The maximum Gasteiger partial charge on any atom is 0.407 e. The molecule has 10 heteroatoms. The number of pyridine rings is 3. The minimum atomic E-state index is -0.998. The van der Waals surface area contributed by atoms with Gasteiger partial charge in [-0.15, -0.1) is 0 Å². The Morgan fingerprint density at radius 1 is 1.05 bits per heavy atom. The van der Waals surface area contributed by atoms with Crippen molar-refractivity contribution < 1.29 is 9.90 Å². The van der Waals surface area contributed by atoms with Crippen LogP contribution in [0.4, 0.5) is 10.5 Å². The highest BCUT2D eigenvalue weighted by molar-refractivity contribution is 6.34. The molecule has 1 aliphatic heterocycles. The molecule has 0 radical (unpaired) electrons. The number of hydrogen-bond acceptors (Lipinski definition) is 6. The lowest BCUT2D eigenvalue weighted by atomic mass is 9.96. The van der Waals surface area contributed by atoms with Crippen LogP contribution in [0.25, 0.3) is 28.0 Å². The molecule has 0 saturated carbocycles. The molecule has 1 N–H and O–H groups in total. The van der Waals surface area contributed by atoms with E-state index in [0.717, 1.165) is 22.4 Å². The molecule has 1 amide bonds. The van der Waals surface area contributed by atoms with E-state index in [1.807, 2.05) is 56.0 Å². The third-order valence-corrected chi connectivity index (χ3v) is 8.12. The van der Waals surface area contributed by atoms with E-state index in [-0.39, 0.29) is 30.5 Å². The first-order valence-electron chi connectivity index (χ1n) is 14.0. The Bertz CT molecular complexity index is 1770. The van der Waals surface area contributed by atoms with Gasteiger partial charge in [-0.1, -0.05) is 63.6 Å². The number of nitriles is 1. The number of fused-ring (bicyclic) bond motifs is 1. The smallest absolute Gasteiger partial charge is 0.407 e. The fourth-order valence-electron chi connectivity index (χ4n) is 5.67. The van der Waals surface area contributed by atoms with Crippen molar-refractivity contribution in [3.63, 3.8) is 0 Å². The lowest BCUT2D eigenvalue weighted by Gasteiger charge is -2.36. The Labute approximate surface area is 249 Å². The number of carbonyl (C=O) groups is 1. The van der Waals surface area contributed by atoms with Crippen LogP contribution in [0.5, 0.6) is 0 Å². The number of anilines is 1. The number of aryl methyl sites for hydroxylation is 1. The lowest BCUT2D eigenvalue weighted by Crippen LogP contribution is -2.49. The number of benzene rings is 1. The van der Waals surface area contributed by atoms with Gasteiger partial charge in [-0.05, 0) is 42.0 Å². The van der Waals surface area contributed by atoms with Crippen LogP contribution in [0, 0.1) is 18.3 Å². The molecule has 1 saturated heterocycles. The van der Waals surface area contributed by atoms with Gasteiger partial charge in [-0.2, -0.15) is 5.26 Å². The number of piperazine rings is 1. The van der Waals surface area contributed by atoms with Crippen LogP contribution in [-0.2, 0) is 0 Å². The standard InChI is InChI=1S/C32H33ClN6O3/c1-18(2)21-10-11-35-26(19(3)4)29(21)39-30-23(16-25(33)27(36-30)22-9-7-6-8-20(22)5)28(24(17-34)31(39)40)37-12-14-38(15-13-37)32(41)42/h6-11,16,18-19H,12-15H2,1-5H3,(H,41,42). The highest BCUT2D eigenvalue weighted by Crippen LogP contribution is 2.38. The van der Waals surface area contributed by atoms with Gasteiger partial charge in [-0.25, -0.2) is 9.78 Å². The highest BCUT2D eigenvalue weighted by atomic mass is 35.5. The minimum Gasteiger partial charge on any atom is -0.465 e. The molecule has 5 rings (SSSR count). The summed E-state index contributed by atoms with van der Waals surface area (Å²) in [4.78, 5) is 39.1. The summed E-state index contributed by atoms with van der Waals surface area (Å²) in [5.74, 6) is 0.0398. The van der Waals surface area contributed by atoms with Gasteiger partial charge in [0.05, 0.1) is 27.8 Å². The molecule has 42 heavy (non-hydrogen) atoms. The van der Waals surface area contributed by atoms with E-state index in [1.54, 1.807) is 16.8 Å². The van der Waals surface area contributed by atoms with Crippen molar-refractivity contribution in [3.8, 4) is 23.0 Å². The van der Waals surface area contributed by atoms with E-state index in [9.17, 15) is 20.0 Å². The van der Waals surface area contributed by atoms with Crippen LogP contribution in [-0.4, -0.2) is 56.8 Å². The fraction of sp³-hybridized carbons (Fsp3) is 0.344. The topological polar surface area (TPSA) is 115 Å². The monoisotopic (exact) mass is 584 g/mol. The molecular weight excluding hydrogens is 552 g/mol. The van der Waals surface area contributed by atoms with Crippen molar-refractivity contribution in [2.45, 2.75) is 46.5 Å². The molecule has 0 aliphatic carbocycles. The Morgan fingerprint density at radius 2 is 1.74 bits per heavy atom. The van der Waals surface area contributed by atoms with Crippen LogP contribution in [0.1, 0.15) is 61.9 Å². The zero-order valence-corrected chi connectivity index (χ0v) is 25.1. The first kappa shape index (κ1) is 29.1. The summed E-state index contributed by atoms with van der Waals surface area (Å²) in [6.45, 7) is 11.3. The molecule has 9 nitrogen and oxygen atoms in total. The van der Waals surface area contributed by atoms with Gasteiger partial charge in [0, 0.05) is 43.3 Å². The molecule has 0 unspecified atom stereocenters. The fourth-order valence-corrected chi connectivity index (χ4v) is 5.92. The maximum absolute atomic E-state index is 14.5. The number of rotatable bonds is 5. The zero-order chi connectivity index (χ0) is 30.3. The summed E-state index contributed by atoms with van der Waals surface area (Å²) >= 11 is 6.93. The molecule has 216 valence electrons. The normalized spacial score (nSPS) is 13.7. The van der Waals surface area contributed by atoms with Crippen LogP contribution < -0.4 is 10.5 Å². The molecule has 3 aromatic heterocycles. The Kier molecular flexibility index (Phi) is 7.93. The van der Waals surface area contributed by atoms with E-state index >= 15 is 0 Å². The Morgan fingerprint density at radius 3 is 2.33 bits per heavy atom. The summed E-state index contributed by atoms with van der Waals surface area (Å²) in [5.41, 5.74) is 4.87. The highest BCUT2D eigenvalue weighted by Gasteiger charge is 2.30. The van der Waals surface area contributed by atoms with Crippen molar-refractivity contribution >= 4 is 34.4 Å². The predicted molar refractivity (Wildman–Crippen MR) is 165 cm³/mol. The largest absolute Gasteiger partial charge is 0.465 e. The van der Waals surface area contributed by atoms with Crippen LogP contribution in [0.15, 0.2) is 47.4 Å². The molecule has 0 bridgehead atoms. The quantitative estimate of drug-likeness (QED) is 0.291. The minimum absolute atomic E-state index is 0.0157. The number of amides is 1. The summed E-state index contributed by atoms with van der Waals surface area (Å²) < 4.78 is 1.54. The molecule has 1 aliphatic rings. The van der Waals surface area contributed by atoms with Crippen molar-refractivity contribution in [1.82, 2.24) is 19.4 Å². The molecule has 4 aromatic rings. The van der Waals surface area contributed by atoms with Crippen LogP contribution in [0.2, 0.25) is 5.02 Å². The van der Waals surface area contributed by atoms with Gasteiger partial charge < -0.3 is 14.9 Å². The van der Waals surface area contributed by atoms with Crippen LogP contribution in [0.3, 0.4) is 0 Å². The summed E-state index contributed by atoms with van der Waals surface area (Å²) in [7, 11) is 0. The molecule has 0 atom stereocenters. The van der Waals surface area contributed by atoms with E-state index in [0.29, 0.717) is 46.2 Å². The SMILES string of the molecule is Cc1ccccc1-c1nc2c(cc1Cl)c(N1CCN(C(=O)O)CC1)c(C#N)c(=O)n2-c1c(C(C)C)ccnc1C(C)C. The lowest BCUT2D eigenvalue weighted by molar-refractivity contribution is 0.142. The summed E-state index contributed by atoms with van der Waals surface area (Å²) in [6.07, 6.45) is 0.758. The molecule has 1 fully saturated rings. The van der Waals surface area contributed by atoms with E-state index in [1.165, 1.54) is 4.90 Å². The van der Waals surface area contributed by atoms with Crippen molar-refractivity contribution in [1.29, 1.82) is 5.26 Å². The number of aromatic nitrogens is 3. The molecular formula is C32H33ClN6O3. The summed E-state index contributed by atoms with van der Waals surface area (Å²) in [6, 6.07) is 13.6. The van der Waals surface area contributed by atoms with Crippen molar-refractivity contribution in [3.05, 3.63) is 80.4 Å². The van der Waals surface area contributed by atoms with Gasteiger partial charge in [0.2, 0.25) is 0 Å². The molecule has 4 heterocycles. The second kappa shape index (κ2) is 11.5. The molecule has 1 aromatic carbocycles. The van der Waals surface area contributed by atoms with E-state index in [2.05, 4.69) is 24.9 Å². The number of hydrogen-bond donors (Lipinski definition) is 1. The first-order valence-corrected chi connectivity index (χ1v) is 14.4.